The molecule has 0 aliphatic carbocycles. The van der Waals surface area contributed by atoms with Gasteiger partial charge in [-0.3, -0.25) is 10.1 Å². The third-order valence-corrected chi connectivity index (χ3v) is 3.28. The maximum absolute atomic E-state index is 11.1. The van der Waals surface area contributed by atoms with E-state index >= 15 is 0 Å². The average Bonchev–Trinajstić information content (AvgIpc) is 2.42. The topological polar surface area (TPSA) is 81.8 Å². The Morgan fingerprint density at radius 2 is 2.10 bits per heavy atom. The van der Waals surface area contributed by atoms with Gasteiger partial charge in [-0.2, -0.15) is 0 Å². The van der Waals surface area contributed by atoms with Gasteiger partial charge in [-0.15, -0.1) is 0 Å². The van der Waals surface area contributed by atoms with Gasteiger partial charge in [0.2, 0.25) is 5.75 Å². The Balaban J connectivity index is 2.80. The fourth-order valence-corrected chi connectivity index (χ4v) is 2.22. The van der Waals surface area contributed by atoms with Crippen molar-refractivity contribution in [3.63, 3.8) is 0 Å². The van der Waals surface area contributed by atoms with Crippen molar-refractivity contribution in [2.24, 2.45) is 0 Å². The number of unbranched alkanes of at least 4 members (excludes halogenated alkanes) is 1. The van der Waals surface area contributed by atoms with Crippen molar-refractivity contribution in [1.29, 1.82) is 0 Å². The van der Waals surface area contributed by atoms with Crippen molar-refractivity contribution in [2.75, 3.05) is 19.8 Å². The number of nitrogens with zero attached hydrogens (tertiary/aromatic N) is 1. The molecule has 21 heavy (non-hydrogen) atoms. The van der Waals surface area contributed by atoms with E-state index in [4.69, 9.17) is 9.47 Å². The molecule has 0 aromatic heterocycles. The van der Waals surface area contributed by atoms with Crippen LogP contribution in [0.3, 0.4) is 0 Å². The third-order valence-electron chi connectivity index (χ3n) is 2.83. The minimum Gasteiger partial charge on any atom is -0.484 e. The Kier molecular flexibility index (Phi) is 7.63. The Labute approximate surface area is 132 Å². The highest BCUT2D eigenvalue weighted by Crippen LogP contribution is 2.37. The molecule has 0 saturated heterocycles. The van der Waals surface area contributed by atoms with Gasteiger partial charge in [0.05, 0.1) is 17.6 Å². The molecular formula is C14H20BrNO5. The molecule has 7 heteroatoms. The van der Waals surface area contributed by atoms with E-state index in [-0.39, 0.29) is 18.0 Å². The van der Waals surface area contributed by atoms with Gasteiger partial charge >= 0.3 is 5.69 Å². The molecule has 0 aliphatic heterocycles. The molecule has 1 atom stereocenters. The first kappa shape index (κ1) is 17.9. The summed E-state index contributed by atoms with van der Waals surface area (Å²) in [6.45, 7) is 4.81. The van der Waals surface area contributed by atoms with E-state index in [1.807, 2.05) is 0 Å². The van der Waals surface area contributed by atoms with Crippen LogP contribution in [-0.4, -0.2) is 29.9 Å². The number of nitro benzene ring substituents is 1. The number of aliphatic hydroxyl groups is 1. The minimum atomic E-state index is -0.864. The Bertz CT molecular complexity index is 479. The highest BCUT2D eigenvalue weighted by atomic mass is 79.9. The van der Waals surface area contributed by atoms with Crippen LogP contribution in [0.5, 0.6) is 5.75 Å². The summed E-state index contributed by atoms with van der Waals surface area (Å²) in [6.07, 6.45) is 1.15. The monoisotopic (exact) mass is 361 g/mol. The van der Waals surface area contributed by atoms with Crippen molar-refractivity contribution in [2.45, 2.75) is 32.8 Å². The molecule has 0 bridgehead atoms. The summed E-state index contributed by atoms with van der Waals surface area (Å²) in [4.78, 5) is 10.6. The summed E-state index contributed by atoms with van der Waals surface area (Å²) < 4.78 is 11.4. The van der Waals surface area contributed by atoms with E-state index in [9.17, 15) is 15.2 Å². The predicted molar refractivity (Wildman–Crippen MR) is 82.7 cm³/mol. The van der Waals surface area contributed by atoms with E-state index in [1.165, 1.54) is 13.0 Å². The number of benzene rings is 1. The molecule has 0 heterocycles. The number of hydrogen-bond acceptors (Lipinski definition) is 5. The van der Waals surface area contributed by atoms with Gasteiger partial charge in [-0.05, 0) is 19.4 Å². The lowest BCUT2D eigenvalue weighted by molar-refractivity contribution is -0.386. The van der Waals surface area contributed by atoms with Crippen molar-refractivity contribution >= 4 is 21.6 Å². The number of hydrogen-bond donors (Lipinski definition) is 1. The van der Waals surface area contributed by atoms with Gasteiger partial charge in [-0.25, -0.2) is 0 Å². The maximum Gasteiger partial charge on any atom is 0.312 e. The van der Waals surface area contributed by atoms with E-state index < -0.39 is 11.0 Å². The summed E-state index contributed by atoms with van der Waals surface area (Å²) in [5.41, 5.74) is 0.207. The maximum atomic E-state index is 11.1. The smallest absolute Gasteiger partial charge is 0.312 e. The quantitative estimate of drug-likeness (QED) is 0.412. The molecule has 6 nitrogen and oxygen atoms in total. The third kappa shape index (κ3) is 5.61. The Morgan fingerprint density at radius 1 is 1.38 bits per heavy atom. The molecule has 118 valence electrons. The van der Waals surface area contributed by atoms with Crippen LogP contribution < -0.4 is 4.74 Å². The number of ether oxygens (including phenoxy) is 2. The second kappa shape index (κ2) is 8.96. The van der Waals surface area contributed by atoms with Crippen LogP contribution in [0.25, 0.3) is 0 Å². The van der Waals surface area contributed by atoms with Crippen LogP contribution in [0.15, 0.2) is 16.6 Å². The lowest BCUT2D eigenvalue weighted by Gasteiger charge is -2.14. The molecule has 1 unspecified atom stereocenters. The summed E-state index contributed by atoms with van der Waals surface area (Å²) in [6, 6.07) is 2.98. The second-order valence-corrected chi connectivity index (χ2v) is 5.51. The van der Waals surface area contributed by atoms with E-state index in [2.05, 4.69) is 22.9 Å². The van der Waals surface area contributed by atoms with Crippen LogP contribution in [-0.2, 0) is 4.74 Å². The Hall–Kier alpha value is -1.18. The van der Waals surface area contributed by atoms with Crippen LogP contribution in [0.1, 0.15) is 38.4 Å². The van der Waals surface area contributed by atoms with Crippen LogP contribution in [0, 0.1) is 10.1 Å². The first-order valence-electron chi connectivity index (χ1n) is 6.83. The predicted octanol–water partition coefficient (Wildman–Crippen LogP) is 3.61. The first-order chi connectivity index (χ1) is 9.97. The normalized spacial score (nSPS) is 12.2. The molecular weight excluding hydrogens is 342 g/mol. The van der Waals surface area contributed by atoms with Crippen LogP contribution in [0.2, 0.25) is 0 Å². The molecule has 0 aliphatic rings. The first-order valence-corrected chi connectivity index (χ1v) is 7.63. The summed E-state index contributed by atoms with van der Waals surface area (Å²) in [5.74, 6) is 0.0947. The highest BCUT2D eigenvalue weighted by Gasteiger charge is 2.23. The molecule has 1 N–H and O–H groups in total. The van der Waals surface area contributed by atoms with Gasteiger partial charge in [0.1, 0.15) is 6.61 Å². The molecule has 0 fully saturated rings. The standard InChI is InChI=1S/C14H20BrNO5/c1-3-4-5-20-6-7-21-14-12(10(2)17)8-11(15)9-13(14)16(18)19/h8-10,17H,3-7H2,1-2H3. The van der Waals surface area contributed by atoms with Crippen LogP contribution in [0.4, 0.5) is 5.69 Å². The number of rotatable bonds is 9. The summed E-state index contributed by atoms with van der Waals surface area (Å²) in [7, 11) is 0. The van der Waals surface area contributed by atoms with Crippen molar-refractivity contribution < 1.29 is 19.5 Å². The lowest BCUT2D eigenvalue weighted by Crippen LogP contribution is -2.10. The zero-order valence-corrected chi connectivity index (χ0v) is 13.8. The average molecular weight is 362 g/mol. The zero-order chi connectivity index (χ0) is 15.8. The molecule has 1 aromatic carbocycles. The van der Waals surface area contributed by atoms with Gasteiger partial charge in [0, 0.05) is 22.7 Å². The summed E-state index contributed by atoms with van der Waals surface area (Å²) in [5, 5.41) is 20.9. The summed E-state index contributed by atoms with van der Waals surface area (Å²) >= 11 is 3.20. The highest BCUT2D eigenvalue weighted by molar-refractivity contribution is 9.10. The number of halogens is 1. The van der Waals surface area contributed by atoms with Gasteiger partial charge in [0.25, 0.3) is 0 Å². The van der Waals surface area contributed by atoms with Gasteiger partial charge < -0.3 is 14.6 Å². The SMILES string of the molecule is CCCCOCCOc1c(C(C)O)cc(Br)cc1[N+](=O)[O-]. The van der Waals surface area contributed by atoms with E-state index in [0.29, 0.717) is 23.2 Å². The molecule has 1 rings (SSSR count). The second-order valence-electron chi connectivity index (χ2n) is 4.59. The molecule has 0 amide bonds. The minimum absolute atomic E-state index is 0.0947. The Morgan fingerprint density at radius 3 is 2.67 bits per heavy atom. The van der Waals surface area contributed by atoms with Gasteiger partial charge in [-0.1, -0.05) is 29.3 Å². The lowest BCUT2D eigenvalue weighted by atomic mass is 10.1. The van der Waals surface area contributed by atoms with E-state index in [1.54, 1.807) is 6.07 Å². The largest absolute Gasteiger partial charge is 0.484 e. The van der Waals surface area contributed by atoms with Crippen molar-refractivity contribution in [3.05, 3.63) is 32.3 Å². The zero-order valence-electron chi connectivity index (χ0n) is 12.2. The van der Waals surface area contributed by atoms with Crippen molar-refractivity contribution in [3.8, 4) is 5.75 Å². The number of aliphatic hydroxyl groups excluding tert-OH is 1. The fraction of sp³-hybridized carbons (Fsp3) is 0.571. The molecule has 0 radical (unpaired) electrons. The van der Waals surface area contributed by atoms with Crippen molar-refractivity contribution in [1.82, 2.24) is 0 Å². The van der Waals surface area contributed by atoms with Gasteiger partial charge in [0.15, 0.2) is 0 Å². The molecule has 0 saturated carbocycles. The van der Waals surface area contributed by atoms with E-state index in [0.717, 1.165) is 12.8 Å². The fourth-order valence-electron chi connectivity index (χ4n) is 1.75. The van der Waals surface area contributed by atoms with Crippen LogP contribution >= 0.6 is 15.9 Å². The molecule has 1 aromatic rings. The molecule has 0 spiro atoms. The number of nitro groups is 1.